The summed E-state index contributed by atoms with van der Waals surface area (Å²) in [6.07, 6.45) is 2.34. The van der Waals surface area contributed by atoms with Crippen LogP contribution in [0.2, 0.25) is 0 Å². The van der Waals surface area contributed by atoms with Crippen molar-refractivity contribution >= 4 is 11.6 Å². The van der Waals surface area contributed by atoms with Crippen LogP contribution in [0.4, 0.5) is 11.6 Å². The summed E-state index contributed by atoms with van der Waals surface area (Å²) in [5, 5.41) is 3.22. The molecular weight excluding hydrogens is 228 g/mol. The van der Waals surface area contributed by atoms with Crippen molar-refractivity contribution < 1.29 is 4.74 Å². The van der Waals surface area contributed by atoms with E-state index in [0.29, 0.717) is 12.4 Å². The molecule has 1 heterocycles. The van der Waals surface area contributed by atoms with Crippen molar-refractivity contribution in [2.24, 2.45) is 0 Å². The fraction of sp³-hybridized carbons (Fsp3) is 0.692. The van der Waals surface area contributed by atoms with Crippen molar-refractivity contribution in [2.45, 2.75) is 33.3 Å². The minimum atomic E-state index is 0.438. The number of aromatic nitrogens is 2. The summed E-state index contributed by atoms with van der Waals surface area (Å²) in [4.78, 5) is 11.1. The molecule has 1 rings (SSSR count). The van der Waals surface area contributed by atoms with Gasteiger partial charge in [0.25, 0.3) is 0 Å². The van der Waals surface area contributed by atoms with Crippen LogP contribution in [0.15, 0.2) is 6.07 Å². The maximum atomic E-state index is 5.11. The van der Waals surface area contributed by atoms with Crippen molar-refractivity contribution in [1.29, 1.82) is 0 Å². The average Bonchev–Trinajstić information content (AvgIpc) is 2.36. The fourth-order valence-electron chi connectivity index (χ4n) is 1.65. The number of nitrogens with zero attached hydrogens (tertiary/aromatic N) is 3. The van der Waals surface area contributed by atoms with Crippen LogP contribution in [-0.4, -0.2) is 37.2 Å². The normalized spacial score (nSPS) is 10.4. The van der Waals surface area contributed by atoms with Crippen LogP contribution in [0.1, 0.15) is 32.5 Å². The van der Waals surface area contributed by atoms with Gasteiger partial charge in [-0.25, -0.2) is 9.97 Å². The van der Waals surface area contributed by atoms with E-state index in [1.54, 1.807) is 7.11 Å². The quantitative estimate of drug-likeness (QED) is 0.769. The summed E-state index contributed by atoms with van der Waals surface area (Å²) in [5.41, 5.74) is 0. The van der Waals surface area contributed by atoms with Crippen molar-refractivity contribution in [2.75, 3.05) is 37.5 Å². The Bertz CT molecular complexity index is 333. The fourth-order valence-corrected chi connectivity index (χ4v) is 1.65. The highest BCUT2D eigenvalue weighted by molar-refractivity contribution is 5.48. The highest BCUT2D eigenvalue weighted by Crippen LogP contribution is 2.15. The first kappa shape index (κ1) is 14.7. The van der Waals surface area contributed by atoms with E-state index in [-0.39, 0.29) is 0 Å². The van der Waals surface area contributed by atoms with E-state index in [9.17, 15) is 0 Å². The molecule has 5 heteroatoms. The minimum absolute atomic E-state index is 0.438. The van der Waals surface area contributed by atoms with E-state index in [2.05, 4.69) is 41.1 Å². The summed E-state index contributed by atoms with van der Waals surface area (Å²) in [6, 6.07) is 1.98. The van der Waals surface area contributed by atoms with Crippen LogP contribution in [0.5, 0.6) is 0 Å². The van der Waals surface area contributed by atoms with Gasteiger partial charge >= 0.3 is 0 Å². The molecule has 0 aliphatic carbocycles. The van der Waals surface area contributed by atoms with E-state index in [0.717, 1.165) is 31.1 Å². The summed E-state index contributed by atoms with van der Waals surface area (Å²) >= 11 is 0. The average molecular weight is 252 g/mol. The van der Waals surface area contributed by atoms with Gasteiger partial charge in [0.1, 0.15) is 18.2 Å². The number of hydrogen-bond acceptors (Lipinski definition) is 5. The highest BCUT2D eigenvalue weighted by Gasteiger charge is 2.07. The molecule has 0 saturated heterocycles. The molecule has 5 nitrogen and oxygen atoms in total. The summed E-state index contributed by atoms with van der Waals surface area (Å²) in [6.45, 7) is 6.54. The first-order valence-electron chi connectivity index (χ1n) is 6.53. The lowest BCUT2D eigenvalue weighted by atomic mass is 10.3. The molecule has 0 unspecified atom stereocenters. The molecule has 0 fully saturated rings. The molecule has 0 aliphatic rings. The molecular formula is C13H24N4O. The van der Waals surface area contributed by atoms with Crippen LogP contribution < -0.4 is 10.2 Å². The van der Waals surface area contributed by atoms with Crippen molar-refractivity contribution in [3.63, 3.8) is 0 Å². The predicted octanol–water partition coefficient (Wildman–Crippen LogP) is 2.29. The molecule has 0 radical (unpaired) electrons. The number of ether oxygens (including phenoxy) is 1. The van der Waals surface area contributed by atoms with Gasteiger partial charge in [0, 0.05) is 33.3 Å². The van der Waals surface area contributed by atoms with E-state index in [1.165, 1.54) is 6.42 Å². The van der Waals surface area contributed by atoms with Gasteiger partial charge < -0.3 is 15.0 Å². The lowest BCUT2D eigenvalue weighted by molar-refractivity contribution is 0.178. The molecule has 0 aliphatic heterocycles. The highest BCUT2D eigenvalue weighted by atomic mass is 16.5. The third kappa shape index (κ3) is 4.49. The molecule has 0 spiro atoms. The molecule has 0 amide bonds. The standard InChI is InChI=1S/C13H24N4O/c1-5-7-8-17(3)13-9-11(14-6-2)15-12(16-13)10-18-4/h9H,5-8,10H2,1-4H3,(H,14,15,16). The lowest BCUT2D eigenvalue weighted by Crippen LogP contribution is -2.21. The molecule has 102 valence electrons. The SMILES string of the molecule is CCCCN(C)c1cc(NCC)nc(COC)n1. The number of nitrogens with one attached hydrogen (secondary N) is 1. The predicted molar refractivity (Wildman–Crippen MR) is 75.1 cm³/mol. The van der Waals surface area contributed by atoms with Crippen molar-refractivity contribution in [1.82, 2.24) is 9.97 Å². The lowest BCUT2D eigenvalue weighted by Gasteiger charge is -2.19. The van der Waals surface area contributed by atoms with Gasteiger partial charge in [0.2, 0.25) is 0 Å². The third-order valence-corrected chi connectivity index (χ3v) is 2.63. The molecule has 18 heavy (non-hydrogen) atoms. The van der Waals surface area contributed by atoms with Gasteiger partial charge in [0.05, 0.1) is 0 Å². The molecule has 1 N–H and O–H groups in total. The Morgan fingerprint density at radius 2 is 2.11 bits per heavy atom. The number of unbranched alkanes of at least 4 members (excludes halogenated alkanes) is 1. The Morgan fingerprint density at radius 1 is 1.33 bits per heavy atom. The molecule has 0 atom stereocenters. The number of methoxy groups -OCH3 is 1. The van der Waals surface area contributed by atoms with Crippen LogP contribution in [-0.2, 0) is 11.3 Å². The molecule has 1 aromatic heterocycles. The second-order valence-corrected chi connectivity index (χ2v) is 4.27. The topological polar surface area (TPSA) is 50.3 Å². The Balaban J connectivity index is 2.87. The first-order valence-corrected chi connectivity index (χ1v) is 6.53. The van der Waals surface area contributed by atoms with Crippen molar-refractivity contribution in [3.8, 4) is 0 Å². The van der Waals surface area contributed by atoms with Crippen LogP contribution in [0.25, 0.3) is 0 Å². The second-order valence-electron chi connectivity index (χ2n) is 4.27. The second kappa shape index (κ2) is 7.87. The van der Waals surface area contributed by atoms with Gasteiger partial charge in [-0.05, 0) is 13.3 Å². The van der Waals surface area contributed by atoms with Crippen LogP contribution >= 0.6 is 0 Å². The number of anilines is 2. The number of rotatable bonds is 8. The Morgan fingerprint density at radius 3 is 2.72 bits per heavy atom. The summed E-state index contributed by atoms with van der Waals surface area (Å²) < 4.78 is 5.11. The van der Waals surface area contributed by atoms with Crippen LogP contribution in [0, 0.1) is 0 Å². The molecule has 0 bridgehead atoms. The van der Waals surface area contributed by atoms with E-state index in [1.807, 2.05) is 6.07 Å². The van der Waals surface area contributed by atoms with Gasteiger partial charge in [0.15, 0.2) is 5.82 Å². The number of hydrogen-bond donors (Lipinski definition) is 1. The van der Waals surface area contributed by atoms with Crippen molar-refractivity contribution in [3.05, 3.63) is 11.9 Å². The molecule has 1 aromatic rings. The molecule has 0 aromatic carbocycles. The summed E-state index contributed by atoms with van der Waals surface area (Å²) in [7, 11) is 3.72. The first-order chi connectivity index (χ1) is 8.71. The zero-order valence-corrected chi connectivity index (χ0v) is 11.9. The van der Waals surface area contributed by atoms with Gasteiger partial charge in [-0.2, -0.15) is 0 Å². The van der Waals surface area contributed by atoms with Gasteiger partial charge in [-0.1, -0.05) is 13.3 Å². The third-order valence-electron chi connectivity index (χ3n) is 2.63. The van der Waals surface area contributed by atoms with E-state index >= 15 is 0 Å². The van der Waals surface area contributed by atoms with Gasteiger partial charge in [-0.15, -0.1) is 0 Å². The minimum Gasteiger partial charge on any atom is -0.377 e. The molecule has 0 saturated carbocycles. The smallest absolute Gasteiger partial charge is 0.158 e. The van der Waals surface area contributed by atoms with E-state index < -0.39 is 0 Å². The van der Waals surface area contributed by atoms with Gasteiger partial charge in [-0.3, -0.25) is 0 Å². The zero-order valence-electron chi connectivity index (χ0n) is 11.9. The summed E-state index contributed by atoms with van der Waals surface area (Å²) in [5.74, 6) is 2.52. The zero-order chi connectivity index (χ0) is 13.4. The monoisotopic (exact) mass is 252 g/mol. The Labute approximate surface area is 110 Å². The maximum absolute atomic E-state index is 5.11. The largest absolute Gasteiger partial charge is 0.377 e. The van der Waals surface area contributed by atoms with Crippen LogP contribution in [0.3, 0.4) is 0 Å². The maximum Gasteiger partial charge on any atom is 0.158 e. The van der Waals surface area contributed by atoms with E-state index in [4.69, 9.17) is 4.74 Å². The Hall–Kier alpha value is -1.36. The Kier molecular flexibility index (Phi) is 6.43.